The molecule has 3 nitrogen and oxygen atoms in total. The zero-order valence-electron chi connectivity index (χ0n) is 9.56. The molecule has 0 aliphatic heterocycles. The van der Waals surface area contributed by atoms with E-state index < -0.39 is 0 Å². The Morgan fingerprint density at radius 3 is 2.88 bits per heavy atom. The standard InChI is InChI=1S/C12H16N2OS/c1-9(2)6-10(8-13)14-12(15)7-11-4-3-5-16-11/h3-5,9-10H,6-7H2,1-2H3,(H,14,15). The summed E-state index contributed by atoms with van der Waals surface area (Å²) in [6, 6.07) is 5.59. The lowest BCUT2D eigenvalue weighted by Gasteiger charge is -2.13. The molecule has 0 bridgehead atoms. The number of amides is 1. The lowest BCUT2D eigenvalue weighted by atomic mass is 10.0. The molecule has 1 aromatic rings. The Bertz CT molecular complexity index is 365. The molecular formula is C12H16N2OS. The molecule has 0 aliphatic rings. The van der Waals surface area contributed by atoms with Crippen molar-refractivity contribution in [1.29, 1.82) is 5.26 Å². The molecule has 1 atom stereocenters. The number of carbonyl (C=O) groups excluding carboxylic acids is 1. The van der Waals surface area contributed by atoms with E-state index in [1.807, 2.05) is 31.4 Å². The summed E-state index contributed by atoms with van der Waals surface area (Å²) < 4.78 is 0. The minimum Gasteiger partial charge on any atom is -0.340 e. The molecule has 0 fully saturated rings. The zero-order valence-corrected chi connectivity index (χ0v) is 10.4. The van der Waals surface area contributed by atoms with E-state index in [2.05, 4.69) is 11.4 Å². The van der Waals surface area contributed by atoms with E-state index >= 15 is 0 Å². The molecule has 1 rings (SSSR count). The Morgan fingerprint density at radius 2 is 2.38 bits per heavy atom. The predicted molar refractivity (Wildman–Crippen MR) is 65.0 cm³/mol. The van der Waals surface area contributed by atoms with Crippen molar-refractivity contribution in [2.24, 2.45) is 5.92 Å². The molecule has 1 heterocycles. The number of thiophene rings is 1. The highest BCUT2D eigenvalue weighted by Crippen LogP contribution is 2.09. The Balaban J connectivity index is 2.41. The van der Waals surface area contributed by atoms with Gasteiger partial charge in [-0.15, -0.1) is 11.3 Å². The van der Waals surface area contributed by atoms with Crippen LogP contribution in [0.3, 0.4) is 0 Å². The number of nitriles is 1. The van der Waals surface area contributed by atoms with E-state index in [1.165, 1.54) is 0 Å². The average Bonchev–Trinajstić information content (AvgIpc) is 2.68. The van der Waals surface area contributed by atoms with E-state index in [1.54, 1.807) is 11.3 Å². The first-order valence-corrected chi connectivity index (χ1v) is 6.21. The van der Waals surface area contributed by atoms with E-state index in [0.717, 1.165) is 4.88 Å². The third-order valence-corrected chi connectivity index (χ3v) is 2.99. The normalized spacial score (nSPS) is 12.1. The summed E-state index contributed by atoms with van der Waals surface area (Å²) in [4.78, 5) is 12.6. The van der Waals surface area contributed by atoms with Crippen LogP contribution in [0.1, 0.15) is 25.1 Å². The van der Waals surface area contributed by atoms with Crippen molar-refractivity contribution >= 4 is 17.2 Å². The molecule has 0 aromatic carbocycles. The minimum absolute atomic E-state index is 0.0744. The fourth-order valence-electron chi connectivity index (χ4n) is 1.43. The summed E-state index contributed by atoms with van der Waals surface area (Å²) in [5.74, 6) is 0.335. The molecule has 0 spiro atoms. The number of nitrogens with one attached hydrogen (secondary N) is 1. The van der Waals surface area contributed by atoms with Crippen molar-refractivity contribution < 1.29 is 4.79 Å². The molecule has 0 saturated heterocycles. The molecule has 1 aromatic heterocycles. The van der Waals surface area contributed by atoms with Crippen molar-refractivity contribution in [1.82, 2.24) is 5.32 Å². The second kappa shape index (κ2) is 6.29. The van der Waals surface area contributed by atoms with Crippen molar-refractivity contribution in [2.45, 2.75) is 32.7 Å². The smallest absolute Gasteiger partial charge is 0.226 e. The van der Waals surface area contributed by atoms with Gasteiger partial charge in [-0.2, -0.15) is 5.26 Å². The van der Waals surface area contributed by atoms with E-state index in [4.69, 9.17) is 5.26 Å². The quantitative estimate of drug-likeness (QED) is 0.853. The van der Waals surface area contributed by atoms with Crippen LogP contribution < -0.4 is 5.32 Å². The number of hydrogen-bond donors (Lipinski definition) is 1. The number of nitrogens with zero attached hydrogens (tertiary/aromatic N) is 1. The number of rotatable bonds is 5. The topological polar surface area (TPSA) is 52.9 Å². The van der Waals surface area contributed by atoms with Gasteiger partial charge in [0.25, 0.3) is 0 Å². The van der Waals surface area contributed by atoms with Gasteiger partial charge in [-0.1, -0.05) is 19.9 Å². The third kappa shape index (κ3) is 4.45. The fraction of sp³-hybridized carbons (Fsp3) is 0.500. The Morgan fingerprint density at radius 1 is 1.62 bits per heavy atom. The highest BCUT2D eigenvalue weighted by atomic mass is 32.1. The van der Waals surface area contributed by atoms with Crippen molar-refractivity contribution in [3.05, 3.63) is 22.4 Å². The second-order valence-corrected chi connectivity index (χ2v) is 5.17. The second-order valence-electron chi connectivity index (χ2n) is 4.13. The van der Waals surface area contributed by atoms with Crippen LogP contribution in [0.4, 0.5) is 0 Å². The third-order valence-electron chi connectivity index (χ3n) is 2.11. The van der Waals surface area contributed by atoms with E-state index in [0.29, 0.717) is 18.8 Å². The van der Waals surface area contributed by atoms with E-state index in [-0.39, 0.29) is 11.9 Å². The maximum absolute atomic E-state index is 11.6. The van der Waals surface area contributed by atoms with Crippen LogP contribution in [0.25, 0.3) is 0 Å². The molecule has 16 heavy (non-hydrogen) atoms. The van der Waals surface area contributed by atoms with Gasteiger partial charge in [0.1, 0.15) is 6.04 Å². The molecule has 0 saturated carbocycles. The van der Waals surface area contributed by atoms with Gasteiger partial charge in [-0.25, -0.2) is 0 Å². The molecule has 1 amide bonds. The van der Waals surface area contributed by atoms with Gasteiger partial charge in [0.2, 0.25) is 5.91 Å². The van der Waals surface area contributed by atoms with Crippen LogP contribution in [-0.2, 0) is 11.2 Å². The van der Waals surface area contributed by atoms with E-state index in [9.17, 15) is 4.79 Å². The lowest BCUT2D eigenvalue weighted by molar-refractivity contribution is -0.120. The van der Waals surface area contributed by atoms with Crippen molar-refractivity contribution in [2.75, 3.05) is 0 Å². The summed E-state index contributed by atoms with van der Waals surface area (Å²) in [6.45, 7) is 4.07. The first kappa shape index (κ1) is 12.7. The summed E-state index contributed by atoms with van der Waals surface area (Å²) in [7, 11) is 0. The lowest BCUT2D eigenvalue weighted by Crippen LogP contribution is -2.35. The van der Waals surface area contributed by atoms with Crippen molar-refractivity contribution in [3.8, 4) is 6.07 Å². The Kier molecular flexibility index (Phi) is 5.00. The first-order valence-electron chi connectivity index (χ1n) is 5.33. The summed E-state index contributed by atoms with van der Waals surface area (Å²) in [5.41, 5.74) is 0. The van der Waals surface area contributed by atoms with Crippen molar-refractivity contribution in [3.63, 3.8) is 0 Å². The molecule has 1 unspecified atom stereocenters. The summed E-state index contributed by atoms with van der Waals surface area (Å²) in [5, 5.41) is 13.6. The number of hydrogen-bond acceptors (Lipinski definition) is 3. The van der Waals surface area contributed by atoms with Gasteiger partial charge in [0.05, 0.1) is 12.5 Å². The van der Waals surface area contributed by atoms with Crippen LogP contribution in [0.5, 0.6) is 0 Å². The monoisotopic (exact) mass is 236 g/mol. The molecule has 0 radical (unpaired) electrons. The highest BCUT2D eigenvalue weighted by Gasteiger charge is 2.13. The van der Waals surface area contributed by atoms with Crippen LogP contribution >= 0.6 is 11.3 Å². The van der Waals surface area contributed by atoms with Crippen LogP contribution in [0.2, 0.25) is 0 Å². The van der Waals surface area contributed by atoms with Gasteiger partial charge < -0.3 is 5.32 Å². The molecule has 1 N–H and O–H groups in total. The van der Waals surface area contributed by atoms with Crippen LogP contribution in [0, 0.1) is 17.2 Å². The van der Waals surface area contributed by atoms with Gasteiger partial charge in [-0.05, 0) is 23.8 Å². The van der Waals surface area contributed by atoms with Gasteiger partial charge in [0, 0.05) is 4.88 Å². The molecule has 0 aliphatic carbocycles. The molecular weight excluding hydrogens is 220 g/mol. The molecule has 86 valence electrons. The average molecular weight is 236 g/mol. The maximum Gasteiger partial charge on any atom is 0.226 e. The Hall–Kier alpha value is -1.34. The minimum atomic E-state index is -0.368. The zero-order chi connectivity index (χ0) is 12.0. The van der Waals surface area contributed by atoms with Gasteiger partial charge in [-0.3, -0.25) is 4.79 Å². The largest absolute Gasteiger partial charge is 0.340 e. The highest BCUT2D eigenvalue weighted by molar-refractivity contribution is 7.10. The van der Waals surface area contributed by atoms with Gasteiger partial charge >= 0.3 is 0 Å². The number of carbonyl (C=O) groups is 1. The van der Waals surface area contributed by atoms with Crippen LogP contribution in [0.15, 0.2) is 17.5 Å². The SMILES string of the molecule is CC(C)CC(C#N)NC(=O)Cc1cccs1. The molecule has 4 heteroatoms. The van der Waals surface area contributed by atoms with Crippen LogP contribution in [-0.4, -0.2) is 11.9 Å². The maximum atomic E-state index is 11.6. The summed E-state index contributed by atoms with van der Waals surface area (Å²) in [6.07, 6.45) is 1.07. The first-order chi connectivity index (χ1) is 7.61. The fourth-order valence-corrected chi connectivity index (χ4v) is 2.14. The predicted octanol–water partition coefficient (Wildman–Crippen LogP) is 2.35. The van der Waals surface area contributed by atoms with Gasteiger partial charge in [0.15, 0.2) is 0 Å². The summed E-state index contributed by atoms with van der Waals surface area (Å²) >= 11 is 1.56. The Labute approximate surface area is 100 Å².